The van der Waals surface area contributed by atoms with Gasteiger partial charge in [-0.25, -0.2) is 33.7 Å². The Bertz CT molecular complexity index is 3620. The Balaban J connectivity index is 0.000000208. The molecule has 2 aliphatic heterocycles. The van der Waals surface area contributed by atoms with Crippen molar-refractivity contribution in [1.29, 1.82) is 0 Å². The lowest BCUT2D eigenvalue weighted by Crippen LogP contribution is -2.36. The molecule has 0 bridgehead atoms. The minimum Gasteiger partial charge on any atom is -0.497 e. The summed E-state index contributed by atoms with van der Waals surface area (Å²) in [5, 5.41) is 33.3. The quantitative estimate of drug-likeness (QED) is 0.0395. The third-order valence-electron chi connectivity index (χ3n) is 14.1. The SMILES string of the molecule is CCC(=O)N1CC[C@@H](Nc2nn(Cc3ccc(OC)cc3)c3nccc(Nc4ccc(C(=O)OC)cc4)c23)C1.CCC(=O)O.COC(=O)c1ccc(Nc2ccnc3c2c(N[C@@H]2CCN(C(=O)OC(C)(C)C)C2)nn3Cc2ccc(OC)cc2)cc1. The fraction of sp³-hybridized carbons (Fsp3) is 0.349. The fourth-order valence-electron chi connectivity index (χ4n) is 9.65. The molecule has 23 nitrogen and oxygen atoms in total. The minimum absolute atomic E-state index is 0.0162. The number of aromatic nitrogens is 6. The average Bonchev–Trinajstić information content (AvgIpc) is 1.95. The monoisotopic (exact) mass is 1170 g/mol. The Labute approximate surface area is 498 Å². The smallest absolute Gasteiger partial charge is 0.410 e. The van der Waals surface area contributed by atoms with Gasteiger partial charge in [-0.2, -0.15) is 10.2 Å². The third-order valence-corrected chi connectivity index (χ3v) is 14.1. The number of benzene rings is 4. The van der Waals surface area contributed by atoms with Crippen LogP contribution in [0, 0.1) is 0 Å². The number of nitrogens with zero attached hydrogens (tertiary/aromatic N) is 8. The van der Waals surface area contributed by atoms with Crippen LogP contribution in [0.25, 0.3) is 22.1 Å². The molecule has 4 aromatic heterocycles. The van der Waals surface area contributed by atoms with E-state index in [4.69, 9.17) is 44.0 Å². The van der Waals surface area contributed by atoms with E-state index in [9.17, 15) is 24.0 Å². The van der Waals surface area contributed by atoms with Crippen molar-refractivity contribution in [3.05, 3.63) is 144 Å². The number of methoxy groups -OCH3 is 4. The maximum atomic E-state index is 12.7. The molecule has 0 aliphatic carbocycles. The molecule has 0 unspecified atom stereocenters. The molecule has 0 saturated carbocycles. The van der Waals surface area contributed by atoms with Crippen molar-refractivity contribution in [2.24, 2.45) is 0 Å². The molecule has 2 aliphatic rings. The normalized spacial score (nSPS) is 14.5. The van der Waals surface area contributed by atoms with E-state index in [0.29, 0.717) is 67.6 Å². The Hall–Kier alpha value is -9.93. The van der Waals surface area contributed by atoms with Gasteiger partial charge in [0.15, 0.2) is 22.9 Å². The van der Waals surface area contributed by atoms with Gasteiger partial charge in [0.25, 0.3) is 0 Å². The molecule has 452 valence electrons. The van der Waals surface area contributed by atoms with E-state index in [1.807, 2.05) is 127 Å². The van der Waals surface area contributed by atoms with Gasteiger partial charge in [0.05, 0.1) is 74.8 Å². The van der Waals surface area contributed by atoms with Crippen LogP contribution >= 0.6 is 0 Å². The molecule has 4 aromatic carbocycles. The molecule has 2 atom stereocenters. The topological polar surface area (TPSA) is 268 Å². The van der Waals surface area contributed by atoms with Gasteiger partial charge in [0, 0.05) is 74.9 Å². The molecule has 8 aromatic rings. The van der Waals surface area contributed by atoms with Gasteiger partial charge in [-0.3, -0.25) is 9.59 Å². The van der Waals surface area contributed by atoms with E-state index in [0.717, 1.165) is 81.2 Å². The number of hydrogen-bond acceptors (Lipinski definition) is 18. The summed E-state index contributed by atoms with van der Waals surface area (Å²) < 4.78 is 29.5. The summed E-state index contributed by atoms with van der Waals surface area (Å²) in [4.78, 5) is 71.0. The number of rotatable bonds is 18. The van der Waals surface area contributed by atoms with Crippen molar-refractivity contribution in [2.45, 2.75) is 91.1 Å². The lowest BCUT2D eigenvalue weighted by atomic mass is 10.2. The first-order chi connectivity index (χ1) is 41.4. The molecule has 10 rings (SSSR count). The number of carboxylic acids is 1. The third kappa shape index (κ3) is 16.0. The molecule has 86 heavy (non-hydrogen) atoms. The summed E-state index contributed by atoms with van der Waals surface area (Å²) in [7, 11) is 6.01. The number of likely N-dealkylation sites (tertiary alicyclic amines) is 2. The molecule has 23 heteroatoms. The first-order valence-corrected chi connectivity index (χ1v) is 28.3. The standard InChI is InChI=1S/C31H36N6O5.C29H32N6O4.C3H6O2/c1-31(2,3)42-30(39)36-17-15-23(19-36)34-27-26-25(33-22-10-8-21(9-11-22)29(38)41-5)14-16-32-28(26)37(35-27)18-20-6-12-24(40-4)13-7-20;1-4-25(36)34-16-14-22(18-34)32-27-26-24(31-21-9-7-20(8-10-21)29(37)39-3)13-15-30-28(26)35(33-27)17-19-5-11-23(38-2)12-6-19;1-2-3(4)5/h6-14,16,23H,15,17-19H2,1-5H3,(H,32,33)(H,34,35);5-13,15,22H,4,14,16-18H2,1-3H3,(H,30,31)(H,32,33);2H2,1H3,(H,4,5)/t23-;22-;/m11./s1. The van der Waals surface area contributed by atoms with Crippen LogP contribution < -0.4 is 30.7 Å². The zero-order valence-corrected chi connectivity index (χ0v) is 49.9. The number of anilines is 6. The van der Waals surface area contributed by atoms with Gasteiger partial charge in [0.1, 0.15) is 17.1 Å². The van der Waals surface area contributed by atoms with Crippen LogP contribution in [0.5, 0.6) is 11.5 Å². The molecular weight excluding hydrogens is 1100 g/mol. The summed E-state index contributed by atoms with van der Waals surface area (Å²) in [6.45, 7) is 12.6. The van der Waals surface area contributed by atoms with Crippen LogP contribution in [0.4, 0.5) is 39.2 Å². The van der Waals surface area contributed by atoms with Gasteiger partial charge < -0.3 is 59.9 Å². The average molecular weight is 1180 g/mol. The van der Waals surface area contributed by atoms with E-state index in [1.165, 1.54) is 14.2 Å². The lowest BCUT2D eigenvalue weighted by molar-refractivity contribution is -0.136. The fourth-order valence-corrected chi connectivity index (χ4v) is 9.65. The van der Waals surface area contributed by atoms with Crippen molar-refractivity contribution in [3.63, 3.8) is 0 Å². The first-order valence-electron chi connectivity index (χ1n) is 28.3. The van der Waals surface area contributed by atoms with Crippen molar-refractivity contribution in [2.75, 3.05) is 75.9 Å². The number of carbonyl (C=O) groups is 5. The Kier molecular flexibility index (Phi) is 20.6. The number of hydrogen-bond donors (Lipinski definition) is 5. The number of nitrogens with one attached hydrogen (secondary N) is 4. The zero-order chi connectivity index (χ0) is 61.5. The predicted molar refractivity (Wildman–Crippen MR) is 328 cm³/mol. The second-order valence-electron chi connectivity index (χ2n) is 21.3. The van der Waals surface area contributed by atoms with Crippen LogP contribution in [0.15, 0.2) is 122 Å². The highest BCUT2D eigenvalue weighted by molar-refractivity contribution is 6.01. The summed E-state index contributed by atoms with van der Waals surface area (Å²) >= 11 is 0. The Morgan fingerprint density at radius 2 is 0.977 bits per heavy atom. The van der Waals surface area contributed by atoms with Gasteiger partial charge in [-0.05, 0) is 130 Å². The number of fused-ring (bicyclic) bond motifs is 2. The van der Waals surface area contributed by atoms with E-state index in [2.05, 4.69) is 26.3 Å². The molecule has 0 spiro atoms. The van der Waals surface area contributed by atoms with Crippen LogP contribution in [0.1, 0.15) is 92.1 Å². The van der Waals surface area contributed by atoms with Crippen LogP contribution in [0.2, 0.25) is 0 Å². The molecule has 0 radical (unpaired) electrons. The summed E-state index contributed by atoms with van der Waals surface area (Å²) in [6.07, 6.45) is 5.49. The van der Waals surface area contributed by atoms with E-state index >= 15 is 0 Å². The number of carbonyl (C=O) groups excluding carboxylic acids is 4. The second kappa shape index (κ2) is 28.6. The molecule has 2 fully saturated rings. The highest BCUT2D eigenvalue weighted by atomic mass is 16.6. The van der Waals surface area contributed by atoms with Crippen LogP contribution in [-0.4, -0.2) is 147 Å². The van der Waals surface area contributed by atoms with Crippen LogP contribution in [0.3, 0.4) is 0 Å². The van der Waals surface area contributed by atoms with Crippen LogP contribution in [-0.2, 0) is 36.9 Å². The minimum atomic E-state index is -0.745. The number of pyridine rings is 2. The summed E-state index contributed by atoms with van der Waals surface area (Å²) in [5.74, 6) is 1.58. The predicted octanol–water partition coefficient (Wildman–Crippen LogP) is 10.4. The highest BCUT2D eigenvalue weighted by Crippen LogP contribution is 2.35. The van der Waals surface area contributed by atoms with E-state index in [-0.39, 0.29) is 36.5 Å². The summed E-state index contributed by atoms with van der Waals surface area (Å²) in [5.41, 5.74) is 7.15. The van der Waals surface area contributed by atoms with Crippen molar-refractivity contribution < 1.29 is 52.8 Å². The van der Waals surface area contributed by atoms with Crippen molar-refractivity contribution in [1.82, 2.24) is 39.3 Å². The number of ether oxygens (including phenoxy) is 5. The number of carboxylic acid groups (broad SMARTS) is 1. The second-order valence-corrected chi connectivity index (χ2v) is 21.3. The van der Waals surface area contributed by atoms with E-state index in [1.54, 1.807) is 62.7 Å². The molecule has 2 saturated heterocycles. The number of esters is 2. The maximum Gasteiger partial charge on any atom is 0.410 e. The summed E-state index contributed by atoms with van der Waals surface area (Å²) in [6, 6.07) is 33.7. The Morgan fingerprint density at radius 1 is 0.570 bits per heavy atom. The maximum absolute atomic E-state index is 12.7. The number of amides is 2. The lowest BCUT2D eigenvalue weighted by Gasteiger charge is -2.24. The van der Waals surface area contributed by atoms with Gasteiger partial charge in [0.2, 0.25) is 5.91 Å². The molecule has 5 N–H and O–H groups in total. The van der Waals surface area contributed by atoms with Gasteiger partial charge >= 0.3 is 24.0 Å². The first kappa shape index (κ1) is 62.1. The Morgan fingerprint density at radius 3 is 1.35 bits per heavy atom. The van der Waals surface area contributed by atoms with Crippen molar-refractivity contribution >= 4 is 86.4 Å². The largest absolute Gasteiger partial charge is 0.497 e. The van der Waals surface area contributed by atoms with E-state index < -0.39 is 17.5 Å². The van der Waals surface area contributed by atoms with Crippen molar-refractivity contribution in [3.8, 4) is 11.5 Å². The van der Waals surface area contributed by atoms with Gasteiger partial charge in [-0.1, -0.05) is 38.1 Å². The molecule has 2 amide bonds. The zero-order valence-electron chi connectivity index (χ0n) is 49.9. The molecule has 6 heterocycles. The molecular formula is C63H74N12O11. The highest BCUT2D eigenvalue weighted by Gasteiger charge is 2.32. The van der Waals surface area contributed by atoms with Gasteiger partial charge in [-0.15, -0.1) is 0 Å². The number of aliphatic carboxylic acids is 1.